The smallest absolute Gasteiger partial charge is 0.244 e. The predicted molar refractivity (Wildman–Crippen MR) is 82.7 cm³/mol. The monoisotopic (exact) mass is 344 g/mol. The minimum absolute atomic E-state index is 0.271. The highest BCUT2D eigenvalue weighted by atomic mass is 32.2. The molecule has 1 fully saturated rings. The van der Waals surface area contributed by atoms with Gasteiger partial charge in [-0.25, -0.2) is 12.8 Å². The molecule has 1 aromatic rings. The number of benzene rings is 1. The molecule has 1 saturated heterocycles. The normalized spacial score (nSPS) is 17.3. The first-order chi connectivity index (χ1) is 10.8. The number of halogens is 1. The number of nitrogens with zero attached hydrogens (tertiary/aromatic N) is 1. The van der Waals surface area contributed by atoms with Crippen LogP contribution >= 0.6 is 0 Å². The molecule has 23 heavy (non-hydrogen) atoms. The molecule has 1 aliphatic heterocycles. The first kappa shape index (κ1) is 17.8. The van der Waals surface area contributed by atoms with Gasteiger partial charge in [-0.15, -0.1) is 0 Å². The van der Waals surface area contributed by atoms with Crippen molar-refractivity contribution in [3.05, 3.63) is 30.1 Å². The zero-order valence-electron chi connectivity index (χ0n) is 13.2. The molecule has 0 unspecified atom stereocenters. The lowest BCUT2D eigenvalue weighted by atomic mass is 10.0. The summed E-state index contributed by atoms with van der Waals surface area (Å²) >= 11 is 0. The van der Waals surface area contributed by atoms with Gasteiger partial charge >= 0.3 is 0 Å². The van der Waals surface area contributed by atoms with Gasteiger partial charge in [0.25, 0.3) is 0 Å². The topological polar surface area (TPSA) is 75.7 Å². The van der Waals surface area contributed by atoms with Gasteiger partial charge in [0.1, 0.15) is 16.8 Å². The number of nitrogens with one attached hydrogen (secondary N) is 1. The van der Waals surface area contributed by atoms with E-state index in [1.807, 2.05) is 0 Å². The molecule has 6 nitrogen and oxygen atoms in total. The second-order valence-electron chi connectivity index (χ2n) is 5.71. The van der Waals surface area contributed by atoms with E-state index in [9.17, 15) is 17.6 Å². The van der Waals surface area contributed by atoms with Gasteiger partial charge in [-0.2, -0.15) is 4.72 Å². The minimum atomic E-state index is -4.12. The van der Waals surface area contributed by atoms with E-state index in [4.69, 9.17) is 4.74 Å². The van der Waals surface area contributed by atoms with E-state index in [0.29, 0.717) is 26.3 Å². The zero-order valence-corrected chi connectivity index (χ0v) is 14.0. The maximum atomic E-state index is 13.8. The SMILES string of the molecule is CC(C)[C@@H](NS(=O)(=O)c1ccccc1F)C(=O)N1CCOCC1. The highest BCUT2D eigenvalue weighted by Gasteiger charge is 2.33. The number of hydrogen-bond donors (Lipinski definition) is 1. The van der Waals surface area contributed by atoms with Crippen LogP contribution in [0.4, 0.5) is 4.39 Å². The van der Waals surface area contributed by atoms with E-state index in [0.717, 1.165) is 6.07 Å². The van der Waals surface area contributed by atoms with Crippen LogP contribution in [0.2, 0.25) is 0 Å². The molecular weight excluding hydrogens is 323 g/mol. The van der Waals surface area contributed by atoms with Crippen LogP contribution in [-0.4, -0.2) is 51.6 Å². The van der Waals surface area contributed by atoms with Crippen LogP contribution in [0.15, 0.2) is 29.2 Å². The molecule has 1 atom stereocenters. The summed E-state index contributed by atoms with van der Waals surface area (Å²) in [5, 5.41) is 0. The van der Waals surface area contributed by atoms with Crippen LogP contribution in [0.3, 0.4) is 0 Å². The Balaban J connectivity index is 2.22. The Morgan fingerprint density at radius 3 is 2.43 bits per heavy atom. The van der Waals surface area contributed by atoms with Crippen molar-refractivity contribution in [2.45, 2.75) is 24.8 Å². The van der Waals surface area contributed by atoms with E-state index in [1.165, 1.54) is 18.2 Å². The Labute approximate surface area is 135 Å². The highest BCUT2D eigenvalue weighted by molar-refractivity contribution is 7.89. The maximum absolute atomic E-state index is 13.8. The van der Waals surface area contributed by atoms with E-state index < -0.39 is 26.8 Å². The van der Waals surface area contributed by atoms with Gasteiger partial charge in [-0.05, 0) is 18.1 Å². The standard InChI is InChI=1S/C15H21FN2O4S/c1-11(2)14(15(19)18-7-9-22-10-8-18)17-23(20,21)13-6-4-3-5-12(13)16/h3-6,11,14,17H,7-10H2,1-2H3/t14-/m1/s1. The second kappa shape index (κ2) is 7.37. The predicted octanol–water partition coefficient (Wildman–Crippen LogP) is 0.987. The Hall–Kier alpha value is -1.51. The summed E-state index contributed by atoms with van der Waals surface area (Å²) in [5.74, 6) is -1.43. The number of hydrogen-bond acceptors (Lipinski definition) is 4. The molecule has 2 rings (SSSR count). The molecule has 1 amide bonds. The summed E-state index contributed by atoms with van der Waals surface area (Å²) in [6.07, 6.45) is 0. The average molecular weight is 344 g/mol. The van der Waals surface area contributed by atoms with Crippen molar-refractivity contribution in [2.24, 2.45) is 5.92 Å². The fourth-order valence-electron chi connectivity index (χ4n) is 2.35. The van der Waals surface area contributed by atoms with Crippen LogP contribution in [0, 0.1) is 11.7 Å². The first-order valence-electron chi connectivity index (χ1n) is 7.46. The van der Waals surface area contributed by atoms with Gasteiger partial charge in [0.2, 0.25) is 15.9 Å². The third-order valence-corrected chi connectivity index (χ3v) is 5.14. The van der Waals surface area contributed by atoms with Gasteiger partial charge in [0.15, 0.2) is 0 Å². The van der Waals surface area contributed by atoms with Crippen molar-refractivity contribution in [1.82, 2.24) is 9.62 Å². The largest absolute Gasteiger partial charge is 0.378 e. The molecule has 1 aromatic carbocycles. The number of carbonyl (C=O) groups excluding carboxylic acids is 1. The second-order valence-corrected chi connectivity index (χ2v) is 7.39. The molecule has 1 heterocycles. The van der Waals surface area contributed by atoms with Crippen LogP contribution in [-0.2, 0) is 19.6 Å². The molecule has 0 radical (unpaired) electrons. The molecule has 8 heteroatoms. The molecule has 0 aliphatic carbocycles. The summed E-state index contributed by atoms with van der Waals surface area (Å²) in [6, 6.07) is 4.15. The summed E-state index contributed by atoms with van der Waals surface area (Å²) in [6.45, 7) is 5.18. The summed E-state index contributed by atoms with van der Waals surface area (Å²) in [7, 11) is -4.12. The van der Waals surface area contributed by atoms with E-state index >= 15 is 0 Å². The van der Waals surface area contributed by atoms with Crippen molar-refractivity contribution in [3.8, 4) is 0 Å². The van der Waals surface area contributed by atoms with Gasteiger partial charge in [-0.1, -0.05) is 26.0 Å². The van der Waals surface area contributed by atoms with E-state index in [-0.39, 0.29) is 11.8 Å². The molecule has 0 saturated carbocycles. The maximum Gasteiger partial charge on any atom is 0.244 e. The van der Waals surface area contributed by atoms with Crippen LogP contribution < -0.4 is 4.72 Å². The quantitative estimate of drug-likeness (QED) is 0.864. The number of sulfonamides is 1. The van der Waals surface area contributed by atoms with Gasteiger partial charge in [0, 0.05) is 13.1 Å². The Bertz CT molecular complexity index is 657. The minimum Gasteiger partial charge on any atom is -0.378 e. The number of morpholine rings is 1. The lowest BCUT2D eigenvalue weighted by Gasteiger charge is -2.32. The molecule has 128 valence electrons. The Morgan fingerprint density at radius 2 is 1.87 bits per heavy atom. The fraction of sp³-hybridized carbons (Fsp3) is 0.533. The zero-order chi connectivity index (χ0) is 17.0. The van der Waals surface area contributed by atoms with Gasteiger partial charge in [0.05, 0.1) is 13.2 Å². The Kier molecular flexibility index (Phi) is 5.72. The highest BCUT2D eigenvalue weighted by Crippen LogP contribution is 2.16. The first-order valence-corrected chi connectivity index (χ1v) is 8.94. The van der Waals surface area contributed by atoms with E-state index in [1.54, 1.807) is 18.7 Å². The number of carbonyl (C=O) groups is 1. The lowest BCUT2D eigenvalue weighted by molar-refractivity contribution is -0.138. The Morgan fingerprint density at radius 1 is 1.26 bits per heavy atom. The van der Waals surface area contributed by atoms with Crippen LogP contribution in [0.5, 0.6) is 0 Å². The molecule has 0 bridgehead atoms. The molecular formula is C15H21FN2O4S. The van der Waals surface area contributed by atoms with Gasteiger partial charge < -0.3 is 9.64 Å². The van der Waals surface area contributed by atoms with Crippen molar-refractivity contribution in [3.63, 3.8) is 0 Å². The lowest BCUT2D eigenvalue weighted by Crippen LogP contribution is -2.53. The van der Waals surface area contributed by atoms with Crippen LogP contribution in [0.25, 0.3) is 0 Å². The van der Waals surface area contributed by atoms with Crippen molar-refractivity contribution < 1.29 is 22.3 Å². The van der Waals surface area contributed by atoms with Gasteiger partial charge in [-0.3, -0.25) is 4.79 Å². The molecule has 1 aliphatic rings. The molecule has 0 aromatic heterocycles. The van der Waals surface area contributed by atoms with Crippen molar-refractivity contribution in [1.29, 1.82) is 0 Å². The summed E-state index contributed by atoms with van der Waals surface area (Å²) < 4.78 is 46.1. The number of ether oxygens (including phenoxy) is 1. The number of amides is 1. The third-order valence-electron chi connectivity index (χ3n) is 3.66. The third kappa shape index (κ3) is 4.27. The molecule has 1 N–H and O–H groups in total. The summed E-state index contributed by atoms with van der Waals surface area (Å²) in [5.41, 5.74) is 0. The fourth-order valence-corrected chi connectivity index (χ4v) is 3.76. The van der Waals surface area contributed by atoms with Crippen molar-refractivity contribution in [2.75, 3.05) is 26.3 Å². The van der Waals surface area contributed by atoms with E-state index in [2.05, 4.69) is 4.72 Å². The molecule has 0 spiro atoms. The average Bonchev–Trinajstić information content (AvgIpc) is 2.53. The van der Waals surface area contributed by atoms with Crippen molar-refractivity contribution >= 4 is 15.9 Å². The summed E-state index contributed by atoms with van der Waals surface area (Å²) in [4.78, 5) is 13.7. The number of rotatable bonds is 5. The van der Waals surface area contributed by atoms with Crippen LogP contribution in [0.1, 0.15) is 13.8 Å².